The van der Waals surface area contributed by atoms with Crippen molar-refractivity contribution in [3.8, 4) is 0 Å². The van der Waals surface area contributed by atoms with E-state index in [0.717, 1.165) is 17.8 Å². The van der Waals surface area contributed by atoms with Gasteiger partial charge in [0, 0.05) is 21.7 Å². The predicted molar refractivity (Wildman–Crippen MR) is 65.3 cm³/mol. The van der Waals surface area contributed by atoms with E-state index in [0.29, 0.717) is 11.8 Å². The largest absolute Gasteiger partial charge is 0.249 e. The van der Waals surface area contributed by atoms with Crippen LogP contribution in [0.3, 0.4) is 0 Å². The average molecular weight is 251 g/mol. The van der Waals surface area contributed by atoms with Gasteiger partial charge in [-0.3, -0.25) is 0 Å². The van der Waals surface area contributed by atoms with E-state index in [-0.39, 0.29) is 21.7 Å². The molecule has 0 aromatic heterocycles. The van der Waals surface area contributed by atoms with E-state index in [1.807, 2.05) is 0 Å². The third-order valence-corrected chi connectivity index (χ3v) is 5.11. The molecular weight excluding hydrogens is 228 g/mol. The van der Waals surface area contributed by atoms with Crippen molar-refractivity contribution in [3.63, 3.8) is 0 Å². The van der Waals surface area contributed by atoms with Crippen LogP contribution in [0.1, 0.15) is 41.5 Å². The summed E-state index contributed by atoms with van der Waals surface area (Å²) in [6.07, 6.45) is 3.63. The molecule has 0 saturated carbocycles. The van der Waals surface area contributed by atoms with Gasteiger partial charge in [-0.05, 0) is 11.8 Å². The minimum absolute atomic E-state index is 0. The molecular formula is C15H23Ti-. The predicted octanol–water partition coefficient (Wildman–Crippen LogP) is 4.24. The molecule has 0 aromatic carbocycles. The van der Waals surface area contributed by atoms with Gasteiger partial charge in [0.15, 0.2) is 0 Å². The Labute approximate surface area is 115 Å². The fraction of sp³-hybridized carbons (Fsp3) is 0.733. The molecule has 2 aliphatic rings. The first-order valence-corrected chi connectivity index (χ1v) is 6.29. The molecule has 5 atom stereocenters. The van der Waals surface area contributed by atoms with Crippen molar-refractivity contribution in [1.29, 1.82) is 0 Å². The van der Waals surface area contributed by atoms with Gasteiger partial charge in [0.1, 0.15) is 0 Å². The standard InChI is InChI=1S/C15H23.Ti/c1-8-7-14-12(5)10(3)11(4)13(6)15(14)9(8)2;/h9-13H,1-6H3;/q-1;. The van der Waals surface area contributed by atoms with Crippen molar-refractivity contribution in [1.82, 2.24) is 0 Å². The summed E-state index contributed by atoms with van der Waals surface area (Å²) in [5, 5.41) is 0. The smallest absolute Gasteiger partial charge is 0 e. The maximum Gasteiger partial charge on any atom is 0 e. The minimum atomic E-state index is 0. The Balaban J connectivity index is 0.00000128. The van der Waals surface area contributed by atoms with Gasteiger partial charge in [0.25, 0.3) is 0 Å². The Hall–Kier alpha value is 0.194. The zero-order chi connectivity index (χ0) is 11.3. The summed E-state index contributed by atoms with van der Waals surface area (Å²) >= 11 is 0. The van der Waals surface area contributed by atoms with Gasteiger partial charge in [-0.1, -0.05) is 59.3 Å². The van der Waals surface area contributed by atoms with Crippen LogP contribution in [0.5, 0.6) is 0 Å². The second-order valence-electron chi connectivity index (χ2n) is 5.69. The summed E-state index contributed by atoms with van der Waals surface area (Å²) in [5.41, 5.74) is 4.67. The molecule has 0 fully saturated rings. The molecule has 2 aliphatic carbocycles. The second kappa shape index (κ2) is 4.82. The molecule has 2 rings (SSSR count). The van der Waals surface area contributed by atoms with Crippen LogP contribution in [0.4, 0.5) is 0 Å². The Kier molecular flexibility index (Phi) is 4.30. The van der Waals surface area contributed by atoms with Crippen molar-refractivity contribution in [2.24, 2.45) is 29.6 Å². The maximum atomic E-state index is 3.63. The fourth-order valence-electron chi connectivity index (χ4n) is 3.33. The van der Waals surface area contributed by atoms with Crippen LogP contribution >= 0.6 is 0 Å². The van der Waals surface area contributed by atoms with Crippen molar-refractivity contribution >= 4 is 0 Å². The Bertz CT molecular complexity index is 337. The Morgan fingerprint density at radius 1 is 0.875 bits per heavy atom. The van der Waals surface area contributed by atoms with E-state index in [1.54, 1.807) is 5.57 Å². The number of rotatable bonds is 0. The normalized spacial score (nSPS) is 42.6. The molecule has 0 N–H and O–H groups in total. The molecule has 0 amide bonds. The first kappa shape index (κ1) is 14.3. The minimum Gasteiger partial charge on any atom is -0.249 e. The third-order valence-electron chi connectivity index (χ3n) is 5.11. The molecule has 5 unspecified atom stereocenters. The summed E-state index contributed by atoms with van der Waals surface area (Å²) in [4.78, 5) is 0. The third kappa shape index (κ3) is 1.89. The first-order chi connectivity index (χ1) is 6.95. The SMILES string of the molecule is CC1=[C-]C2=C(C1C)C(C)C(C)C(C)C2C.[Ti]. The molecule has 0 nitrogen and oxygen atoms in total. The average Bonchev–Trinajstić information content (AvgIpc) is 2.50. The molecule has 0 bridgehead atoms. The van der Waals surface area contributed by atoms with Crippen LogP contribution in [-0.4, -0.2) is 0 Å². The van der Waals surface area contributed by atoms with E-state index in [9.17, 15) is 0 Å². The first-order valence-electron chi connectivity index (χ1n) is 6.29. The van der Waals surface area contributed by atoms with Crippen LogP contribution in [-0.2, 0) is 21.7 Å². The van der Waals surface area contributed by atoms with E-state index in [4.69, 9.17) is 0 Å². The zero-order valence-corrected chi connectivity index (χ0v) is 12.9. The number of allylic oxidation sites excluding steroid dienone is 4. The van der Waals surface area contributed by atoms with Gasteiger partial charge in [0.05, 0.1) is 0 Å². The Morgan fingerprint density at radius 3 is 1.94 bits per heavy atom. The molecule has 16 heavy (non-hydrogen) atoms. The van der Waals surface area contributed by atoms with Gasteiger partial charge in [-0.15, -0.1) is 0 Å². The summed E-state index contributed by atoms with van der Waals surface area (Å²) in [5.74, 6) is 3.70. The van der Waals surface area contributed by atoms with Crippen LogP contribution in [0.2, 0.25) is 0 Å². The molecule has 1 heteroatoms. The van der Waals surface area contributed by atoms with E-state index in [1.165, 1.54) is 11.1 Å². The van der Waals surface area contributed by atoms with Gasteiger partial charge in [-0.2, -0.15) is 5.57 Å². The quantitative estimate of drug-likeness (QED) is 0.446. The summed E-state index contributed by atoms with van der Waals surface area (Å²) in [6.45, 7) is 14.2. The molecule has 88 valence electrons. The van der Waals surface area contributed by atoms with Crippen LogP contribution in [0.15, 0.2) is 16.7 Å². The summed E-state index contributed by atoms with van der Waals surface area (Å²) in [6, 6.07) is 0. The van der Waals surface area contributed by atoms with Gasteiger partial charge < -0.3 is 0 Å². The topological polar surface area (TPSA) is 0 Å². The molecule has 0 aliphatic heterocycles. The fourth-order valence-corrected chi connectivity index (χ4v) is 3.33. The molecule has 0 spiro atoms. The van der Waals surface area contributed by atoms with Crippen LogP contribution in [0, 0.1) is 35.7 Å². The molecule has 0 saturated heterocycles. The number of hydrogen-bond donors (Lipinski definition) is 0. The van der Waals surface area contributed by atoms with Crippen molar-refractivity contribution in [3.05, 3.63) is 22.8 Å². The van der Waals surface area contributed by atoms with E-state index in [2.05, 4.69) is 47.6 Å². The number of hydrogen-bond acceptors (Lipinski definition) is 0. The molecule has 0 radical (unpaired) electrons. The van der Waals surface area contributed by atoms with Crippen LogP contribution in [0.25, 0.3) is 0 Å². The van der Waals surface area contributed by atoms with Gasteiger partial charge >= 0.3 is 0 Å². The van der Waals surface area contributed by atoms with Crippen molar-refractivity contribution in [2.45, 2.75) is 41.5 Å². The van der Waals surface area contributed by atoms with Gasteiger partial charge in [-0.25, -0.2) is 17.2 Å². The Morgan fingerprint density at radius 2 is 1.38 bits per heavy atom. The summed E-state index contributed by atoms with van der Waals surface area (Å²) in [7, 11) is 0. The van der Waals surface area contributed by atoms with Crippen molar-refractivity contribution < 1.29 is 21.7 Å². The van der Waals surface area contributed by atoms with E-state index < -0.39 is 0 Å². The molecule has 0 heterocycles. The molecule has 0 aromatic rings. The van der Waals surface area contributed by atoms with Gasteiger partial charge in [0.2, 0.25) is 0 Å². The summed E-state index contributed by atoms with van der Waals surface area (Å²) < 4.78 is 0. The maximum absolute atomic E-state index is 3.63. The zero-order valence-electron chi connectivity index (χ0n) is 11.4. The van der Waals surface area contributed by atoms with Crippen LogP contribution < -0.4 is 0 Å². The second-order valence-corrected chi connectivity index (χ2v) is 5.69. The van der Waals surface area contributed by atoms with Crippen molar-refractivity contribution in [2.75, 3.05) is 0 Å². The van der Waals surface area contributed by atoms with E-state index >= 15 is 0 Å². The monoisotopic (exact) mass is 251 g/mol.